The zero-order valence-electron chi connectivity index (χ0n) is 9.79. The van der Waals surface area contributed by atoms with Crippen LogP contribution in [0.15, 0.2) is 42.9 Å². The number of hydrogen-bond acceptors (Lipinski definition) is 3. The summed E-state index contributed by atoms with van der Waals surface area (Å²) in [5.41, 5.74) is 1.72. The van der Waals surface area contributed by atoms with Crippen molar-refractivity contribution in [2.45, 2.75) is 12.3 Å². The molecule has 1 aromatic carbocycles. The van der Waals surface area contributed by atoms with Crippen molar-refractivity contribution in [2.75, 3.05) is 0 Å². The fourth-order valence-electron chi connectivity index (χ4n) is 1.87. The molecule has 4 nitrogen and oxygen atoms in total. The fraction of sp³-hybridized carbons (Fsp3) is 0.154. The maximum atomic E-state index is 5.99. The third-order valence-corrected chi connectivity index (χ3v) is 3.05. The lowest BCUT2D eigenvalue weighted by molar-refractivity contribution is 0.800. The quantitative estimate of drug-likeness (QED) is 0.664. The van der Waals surface area contributed by atoms with Gasteiger partial charge in [0.05, 0.1) is 17.3 Å². The van der Waals surface area contributed by atoms with Gasteiger partial charge in [-0.05, 0) is 24.4 Å². The van der Waals surface area contributed by atoms with Crippen LogP contribution in [0.25, 0.3) is 16.5 Å². The van der Waals surface area contributed by atoms with Gasteiger partial charge in [0.25, 0.3) is 0 Å². The molecule has 0 spiro atoms. The van der Waals surface area contributed by atoms with E-state index in [1.54, 1.807) is 10.9 Å². The van der Waals surface area contributed by atoms with Gasteiger partial charge in [-0.3, -0.25) is 4.98 Å². The molecule has 18 heavy (non-hydrogen) atoms. The first kappa shape index (κ1) is 11.2. The van der Waals surface area contributed by atoms with Gasteiger partial charge in [0.2, 0.25) is 0 Å². The van der Waals surface area contributed by atoms with Crippen LogP contribution in [0.4, 0.5) is 0 Å². The van der Waals surface area contributed by atoms with E-state index in [1.165, 1.54) is 0 Å². The van der Waals surface area contributed by atoms with Crippen molar-refractivity contribution in [3.63, 3.8) is 0 Å². The Balaban J connectivity index is 2.18. The zero-order chi connectivity index (χ0) is 12.5. The predicted molar refractivity (Wildman–Crippen MR) is 70.9 cm³/mol. The lowest BCUT2D eigenvalue weighted by Crippen LogP contribution is -1.96. The molecule has 5 heteroatoms. The number of pyridine rings is 1. The average molecular weight is 259 g/mol. The van der Waals surface area contributed by atoms with E-state index in [0.29, 0.717) is 0 Å². The molecule has 0 saturated carbocycles. The van der Waals surface area contributed by atoms with Gasteiger partial charge in [0.1, 0.15) is 5.69 Å². The number of rotatable bonds is 2. The monoisotopic (exact) mass is 258 g/mol. The van der Waals surface area contributed by atoms with Crippen LogP contribution in [-0.4, -0.2) is 20.0 Å². The van der Waals surface area contributed by atoms with Gasteiger partial charge < -0.3 is 0 Å². The van der Waals surface area contributed by atoms with Gasteiger partial charge in [0.15, 0.2) is 0 Å². The molecule has 3 aromatic rings. The van der Waals surface area contributed by atoms with Crippen molar-refractivity contribution in [3.05, 3.63) is 48.5 Å². The lowest BCUT2D eigenvalue weighted by atomic mass is 10.1. The predicted octanol–water partition coefficient (Wildman–Crippen LogP) is 3.12. The highest BCUT2D eigenvalue weighted by Gasteiger charge is 2.09. The normalized spacial score (nSPS) is 12.8. The van der Waals surface area contributed by atoms with Gasteiger partial charge >= 0.3 is 0 Å². The van der Waals surface area contributed by atoms with Gasteiger partial charge in [-0.25, -0.2) is 4.68 Å². The van der Waals surface area contributed by atoms with Crippen molar-refractivity contribution in [1.82, 2.24) is 20.0 Å². The molecule has 0 aliphatic rings. The second kappa shape index (κ2) is 4.38. The van der Waals surface area contributed by atoms with Crippen molar-refractivity contribution in [1.29, 1.82) is 0 Å². The van der Waals surface area contributed by atoms with Crippen LogP contribution in [-0.2, 0) is 0 Å². The number of hydrogen-bond donors (Lipinski definition) is 0. The SMILES string of the molecule is CC(Cl)c1cn(-c2cccc3ccncc23)nn1. The molecule has 0 aliphatic heterocycles. The Morgan fingerprint density at radius 1 is 1.28 bits per heavy atom. The number of nitrogens with zero attached hydrogens (tertiary/aromatic N) is 4. The summed E-state index contributed by atoms with van der Waals surface area (Å²) in [6.45, 7) is 1.88. The first-order valence-corrected chi connectivity index (χ1v) is 6.09. The Labute approximate surface area is 109 Å². The summed E-state index contributed by atoms with van der Waals surface area (Å²) in [6.07, 6.45) is 5.45. The minimum atomic E-state index is -0.146. The Hall–Kier alpha value is -1.94. The van der Waals surface area contributed by atoms with E-state index >= 15 is 0 Å². The smallest absolute Gasteiger partial charge is 0.101 e. The van der Waals surface area contributed by atoms with E-state index in [-0.39, 0.29) is 5.38 Å². The van der Waals surface area contributed by atoms with Gasteiger partial charge in [-0.15, -0.1) is 16.7 Å². The van der Waals surface area contributed by atoms with Crippen LogP contribution in [0.5, 0.6) is 0 Å². The van der Waals surface area contributed by atoms with E-state index in [2.05, 4.69) is 15.3 Å². The summed E-state index contributed by atoms with van der Waals surface area (Å²) in [6, 6.07) is 7.99. The molecular weight excluding hydrogens is 248 g/mol. The lowest BCUT2D eigenvalue weighted by Gasteiger charge is -2.04. The molecule has 0 aliphatic carbocycles. The van der Waals surface area contributed by atoms with Crippen LogP contribution in [0.2, 0.25) is 0 Å². The summed E-state index contributed by atoms with van der Waals surface area (Å²) in [5.74, 6) is 0. The first-order valence-electron chi connectivity index (χ1n) is 5.65. The molecule has 2 aromatic heterocycles. The second-order valence-corrected chi connectivity index (χ2v) is 4.73. The molecule has 0 amide bonds. The minimum absolute atomic E-state index is 0.146. The van der Waals surface area contributed by atoms with Gasteiger partial charge in [-0.2, -0.15) is 0 Å². The third-order valence-electron chi connectivity index (χ3n) is 2.83. The van der Waals surface area contributed by atoms with Crippen LogP contribution in [0, 0.1) is 0 Å². The number of halogens is 1. The topological polar surface area (TPSA) is 43.6 Å². The largest absolute Gasteiger partial charge is 0.264 e. The Kier molecular flexibility index (Phi) is 2.72. The van der Waals surface area contributed by atoms with Gasteiger partial charge in [0, 0.05) is 17.8 Å². The van der Waals surface area contributed by atoms with Crippen LogP contribution < -0.4 is 0 Å². The van der Waals surface area contributed by atoms with Crippen molar-refractivity contribution in [3.8, 4) is 5.69 Å². The summed E-state index contributed by atoms with van der Waals surface area (Å²) >= 11 is 5.99. The number of aromatic nitrogens is 4. The van der Waals surface area contributed by atoms with E-state index in [9.17, 15) is 0 Å². The first-order chi connectivity index (χ1) is 8.75. The Morgan fingerprint density at radius 2 is 2.17 bits per heavy atom. The highest BCUT2D eigenvalue weighted by molar-refractivity contribution is 6.20. The Bertz CT molecular complexity index is 685. The van der Waals surface area contributed by atoms with Crippen molar-refractivity contribution in [2.24, 2.45) is 0 Å². The molecule has 0 radical (unpaired) electrons. The molecular formula is C13H11ClN4. The summed E-state index contributed by atoms with van der Waals surface area (Å²) in [5, 5.41) is 10.2. The standard InChI is InChI=1S/C13H11ClN4/c1-9(14)12-8-18(17-16-12)13-4-2-3-10-5-6-15-7-11(10)13/h2-9H,1H3. The molecule has 90 valence electrons. The van der Waals surface area contributed by atoms with Crippen LogP contribution in [0.1, 0.15) is 18.0 Å². The molecule has 0 saturated heterocycles. The number of alkyl halides is 1. The highest BCUT2D eigenvalue weighted by atomic mass is 35.5. The van der Waals surface area contributed by atoms with Crippen molar-refractivity contribution >= 4 is 22.4 Å². The average Bonchev–Trinajstić information content (AvgIpc) is 2.87. The minimum Gasteiger partial charge on any atom is -0.264 e. The maximum absolute atomic E-state index is 5.99. The maximum Gasteiger partial charge on any atom is 0.101 e. The zero-order valence-corrected chi connectivity index (χ0v) is 10.5. The number of benzene rings is 1. The number of fused-ring (bicyclic) bond motifs is 1. The fourth-order valence-corrected chi connectivity index (χ4v) is 1.97. The van der Waals surface area contributed by atoms with Crippen LogP contribution in [0.3, 0.4) is 0 Å². The third kappa shape index (κ3) is 1.84. The summed E-state index contributed by atoms with van der Waals surface area (Å²) in [7, 11) is 0. The highest BCUT2D eigenvalue weighted by Crippen LogP contribution is 2.22. The molecule has 0 N–H and O–H groups in total. The summed E-state index contributed by atoms with van der Waals surface area (Å²) in [4.78, 5) is 4.15. The molecule has 0 fully saturated rings. The van der Waals surface area contributed by atoms with E-state index in [0.717, 1.165) is 22.2 Å². The van der Waals surface area contributed by atoms with E-state index in [1.807, 2.05) is 43.6 Å². The molecule has 1 atom stereocenters. The Morgan fingerprint density at radius 3 is 2.94 bits per heavy atom. The van der Waals surface area contributed by atoms with Crippen LogP contribution >= 0.6 is 11.6 Å². The van der Waals surface area contributed by atoms with E-state index < -0.39 is 0 Å². The second-order valence-electron chi connectivity index (χ2n) is 4.08. The molecule has 1 unspecified atom stereocenters. The van der Waals surface area contributed by atoms with E-state index in [4.69, 9.17) is 11.6 Å². The molecule has 3 rings (SSSR count). The van der Waals surface area contributed by atoms with Crippen molar-refractivity contribution < 1.29 is 0 Å². The summed E-state index contributed by atoms with van der Waals surface area (Å²) < 4.78 is 1.73. The molecule has 0 bridgehead atoms. The molecule has 2 heterocycles. The van der Waals surface area contributed by atoms with Gasteiger partial charge in [-0.1, -0.05) is 17.3 Å².